The number of hydrogen-bond donors (Lipinski definition) is 1. The number of nitrogens with zero attached hydrogens (tertiary/aromatic N) is 2. The Morgan fingerprint density at radius 2 is 1.79 bits per heavy atom. The fourth-order valence-corrected chi connectivity index (χ4v) is 1.90. The molecule has 3 heteroatoms. The van der Waals surface area contributed by atoms with Crippen LogP contribution in [0.4, 0.5) is 0 Å². The molecule has 0 aromatic rings. The van der Waals surface area contributed by atoms with E-state index in [1.54, 1.807) is 0 Å². The topological polar surface area (TPSA) is 32.5 Å². The van der Waals surface area contributed by atoms with Crippen molar-refractivity contribution in [2.75, 3.05) is 40.8 Å². The molecule has 1 aliphatic carbocycles. The lowest BCUT2D eigenvalue weighted by molar-refractivity contribution is 0.219. The maximum atomic E-state index is 6.27. The summed E-state index contributed by atoms with van der Waals surface area (Å²) in [6, 6.07) is 0. The number of nitrogens with two attached hydrogens (primary N) is 1. The third kappa shape index (κ3) is 3.95. The summed E-state index contributed by atoms with van der Waals surface area (Å²) in [4.78, 5) is 4.56. The SMILES string of the molecule is CN(C)CCN(C)CC(C)(N)C1CC1. The zero-order chi connectivity index (χ0) is 10.8. The summed E-state index contributed by atoms with van der Waals surface area (Å²) >= 11 is 0. The minimum atomic E-state index is 0.0288. The molecule has 0 amide bonds. The molecule has 1 rings (SSSR count). The summed E-state index contributed by atoms with van der Waals surface area (Å²) < 4.78 is 0. The molecule has 1 atom stereocenters. The van der Waals surface area contributed by atoms with Gasteiger partial charge in [-0.3, -0.25) is 0 Å². The lowest BCUT2D eigenvalue weighted by Crippen LogP contribution is -2.49. The highest BCUT2D eigenvalue weighted by molar-refractivity contribution is 4.96. The van der Waals surface area contributed by atoms with E-state index in [-0.39, 0.29) is 5.54 Å². The molecule has 0 aromatic carbocycles. The highest BCUT2D eigenvalue weighted by atomic mass is 15.2. The van der Waals surface area contributed by atoms with Gasteiger partial charge in [0.15, 0.2) is 0 Å². The van der Waals surface area contributed by atoms with Crippen LogP contribution >= 0.6 is 0 Å². The molecule has 84 valence electrons. The largest absolute Gasteiger partial charge is 0.324 e. The van der Waals surface area contributed by atoms with E-state index < -0.39 is 0 Å². The minimum Gasteiger partial charge on any atom is -0.324 e. The second-order valence-electron chi connectivity index (χ2n) is 5.32. The van der Waals surface area contributed by atoms with Crippen molar-refractivity contribution < 1.29 is 0 Å². The van der Waals surface area contributed by atoms with E-state index in [4.69, 9.17) is 5.73 Å². The molecule has 1 saturated carbocycles. The lowest BCUT2D eigenvalue weighted by Gasteiger charge is -2.30. The van der Waals surface area contributed by atoms with Gasteiger partial charge in [0, 0.05) is 25.2 Å². The van der Waals surface area contributed by atoms with E-state index in [0.29, 0.717) is 0 Å². The maximum absolute atomic E-state index is 6.27. The second kappa shape index (κ2) is 4.60. The average Bonchev–Trinajstić information content (AvgIpc) is 2.81. The summed E-state index contributed by atoms with van der Waals surface area (Å²) in [6.45, 7) is 5.42. The van der Waals surface area contributed by atoms with Gasteiger partial charge in [-0.05, 0) is 46.8 Å². The number of rotatable bonds is 6. The van der Waals surface area contributed by atoms with Crippen molar-refractivity contribution in [2.45, 2.75) is 25.3 Å². The van der Waals surface area contributed by atoms with Gasteiger partial charge in [0.25, 0.3) is 0 Å². The van der Waals surface area contributed by atoms with Gasteiger partial charge in [-0.1, -0.05) is 0 Å². The molecule has 14 heavy (non-hydrogen) atoms. The van der Waals surface area contributed by atoms with Crippen molar-refractivity contribution in [3.05, 3.63) is 0 Å². The minimum absolute atomic E-state index is 0.0288. The van der Waals surface area contributed by atoms with Crippen LogP contribution in [0.3, 0.4) is 0 Å². The molecule has 1 aliphatic rings. The van der Waals surface area contributed by atoms with Gasteiger partial charge < -0.3 is 15.5 Å². The molecule has 2 N–H and O–H groups in total. The highest BCUT2D eigenvalue weighted by Gasteiger charge is 2.38. The Hall–Kier alpha value is -0.120. The molecular weight excluding hydrogens is 174 g/mol. The first-order chi connectivity index (χ1) is 6.42. The monoisotopic (exact) mass is 199 g/mol. The Kier molecular flexibility index (Phi) is 3.93. The standard InChI is InChI=1S/C11H25N3/c1-11(12,10-5-6-10)9-14(4)8-7-13(2)3/h10H,5-9,12H2,1-4H3. The highest BCUT2D eigenvalue weighted by Crippen LogP contribution is 2.38. The van der Waals surface area contributed by atoms with Crippen molar-refractivity contribution in [2.24, 2.45) is 11.7 Å². The first-order valence-electron chi connectivity index (χ1n) is 5.54. The molecule has 3 nitrogen and oxygen atoms in total. The van der Waals surface area contributed by atoms with Crippen molar-refractivity contribution in [3.8, 4) is 0 Å². The van der Waals surface area contributed by atoms with Crippen molar-refractivity contribution in [1.29, 1.82) is 0 Å². The molecule has 1 fully saturated rings. The quantitative estimate of drug-likeness (QED) is 0.680. The second-order valence-corrected chi connectivity index (χ2v) is 5.32. The van der Waals surface area contributed by atoms with E-state index in [2.05, 4.69) is 37.9 Å². The molecule has 0 bridgehead atoms. The lowest BCUT2D eigenvalue weighted by atomic mass is 9.97. The number of hydrogen-bond acceptors (Lipinski definition) is 3. The molecule has 0 aromatic heterocycles. The molecule has 0 aliphatic heterocycles. The Morgan fingerprint density at radius 1 is 1.21 bits per heavy atom. The van der Waals surface area contributed by atoms with Crippen LogP contribution in [0.2, 0.25) is 0 Å². The van der Waals surface area contributed by atoms with Gasteiger partial charge in [-0.2, -0.15) is 0 Å². The third-order valence-corrected chi connectivity index (χ3v) is 3.05. The molecule has 0 saturated heterocycles. The fraction of sp³-hybridized carbons (Fsp3) is 1.00. The molecule has 0 radical (unpaired) electrons. The van der Waals surface area contributed by atoms with E-state index in [0.717, 1.165) is 25.6 Å². The first-order valence-corrected chi connectivity index (χ1v) is 5.54. The predicted molar refractivity (Wildman–Crippen MR) is 61.4 cm³/mol. The molecular formula is C11H25N3. The summed E-state index contributed by atoms with van der Waals surface area (Å²) in [5.74, 6) is 0.768. The Morgan fingerprint density at radius 3 is 2.21 bits per heavy atom. The summed E-state index contributed by atoms with van der Waals surface area (Å²) in [5.41, 5.74) is 6.30. The Labute approximate surface area is 88.2 Å². The van der Waals surface area contributed by atoms with E-state index in [1.807, 2.05) is 0 Å². The molecule has 1 unspecified atom stereocenters. The van der Waals surface area contributed by atoms with Gasteiger partial charge in [0.2, 0.25) is 0 Å². The van der Waals surface area contributed by atoms with Crippen LogP contribution in [0, 0.1) is 5.92 Å². The third-order valence-electron chi connectivity index (χ3n) is 3.05. The maximum Gasteiger partial charge on any atom is 0.0283 e. The van der Waals surface area contributed by atoms with Crippen LogP contribution in [-0.2, 0) is 0 Å². The van der Waals surface area contributed by atoms with Gasteiger partial charge in [0.1, 0.15) is 0 Å². The van der Waals surface area contributed by atoms with Crippen molar-refractivity contribution >= 4 is 0 Å². The molecule has 0 spiro atoms. The molecule has 0 heterocycles. The zero-order valence-corrected chi connectivity index (χ0v) is 10.1. The average molecular weight is 199 g/mol. The zero-order valence-electron chi connectivity index (χ0n) is 10.1. The van der Waals surface area contributed by atoms with Crippen molar-refractivity contribution in [1.82, 2.24) is 9.80 Å². The Bertz CT molecular complexity index is 173. The van der Waals surface area contributed by atoms with Crippen LogP contribution < -0.4 is 5.73 Å². The smallest absolute Gasteiger partial charge is 0.0283 e. The van der Waals surface area contributed by atoms with Crippen LogP contribution in [0.1, 0.15) is 19.8 Å². The van der Waals surface area contributed by atoms with Crippen molar-refractivity contribution in [3.63, 3.8) is 0 Å². The van der Waals surface area contributed by atoms with E-state index in [1.165, 1.54) is 12.8 Å². The summed E-state index contributed by atoms with van der Waals surface area (Å²) in [7, 11) is 6.38. The van der Waals surface area contributed by atoms with Gasteiger partial charge in [-0.25, -0.2) is 0 Å². The van der Waals surface area contributed by atoms with Crippen LogP contribution in [0.15, 0.2) is 0 Å². The van der Waals surface area contributed by atoms with Gasteiger partial charge in [-0.15, -0.1) is 0 Å². The summed E-state index contributed by atoms with van der Waals surface area (Å²) in [6.07, 6.45) is 2.66. The number of likely N-dealkylation sites (N-methyl/N-ethyl adjacent to an activating group) is 2. The van der Waals surface area contributed by atoms with Crippen LogP contribution in [-0.4, -0.2) is 56.1 Å². The Balaban J connectivity index is 2.21. The van der Waals surface area contributed by atoms with Gasteiger partial charge in [0.05, 0.1) is 0 Å². The predicted octanol–water partition coefficient (Wildman–Crippen LogP) is 0.607. The first kappa shape index (κ1) is 12.0. The fourth-order valence-electron chi connectivity index (χ4n) is 1.90. The van der Waals surface area contributed by atoms with Crippen LogP contribution in [0.25, 0.3) is 0 Å². The normalized spacial score (nSPS) is 21.6. The van der Waals surface area contributed by atoms with E-state index >= 15 is 0 Å². The van der Waals surface area contributed by atoms with E-state index in [9.17, 15) is 0 Å². The summed E-state index contributed by atoms with van der Waals surface area (Å²) in [5, 5.41) is 0. The van der Waals surface area contributed by atoms with Crippen LogP contribution in [0.5, 0.6) is 0 Å². The van der Waals surface area contributed by atoms with Gasteiger partial charge >= 0.3 is 0 Å².